The molecule has 0 saturated heterocycles. The summed E-state index contributed by atoms with van der Waals surface area (Å²) in [5, 5.41) is 10.4. The van der Waals surface area contributed by atoms with E-state index >= 15 is 0 Å². The van der Waals surface area contributed by atoms with E-state index < -0.39 is 17.3 Å². The van der Waals surface area contributed by atoms with Crippen molar-refractivity contribution in [3.05, 3.63) is 77.5 Å². The lowest BCUT2D eigenvalue weighted by Gasteiger charge is -2.39. The predicted octanol–water partition coefficient (Wildman–Crippen LogP) is 4.82. The van der Waals surface area contributed by atoms with Crippen LogP contribution in [0.4, 0.5) is 0 Å². The molecule has 1 aromatic carbocycles. The largest absolute Gasteiger partial charge is 0.511 e. The summed E-state index contributed by atoms with van der Waals surface area (Å²) in [7, 11) is 0. The second-order valence-corrected chi connectivity index (χ2v) is 7.06. The van der Waals surface area contributed by atoms with Gasteiger partial charge in [-0.2, -0.15) is 0 Å². The molecule has 5 nitrogen and oxygen atoms in total. The molecule has 0 bridgehead atoms. The van der Waals surface area contributed by atoms with Gasteiger partial charge < -0.3 is 14.3 Å². The maximum absolute atomic E-state index is 13.0. The Hall–Kier alpha value is -3.08. The van der Waals surface area contributed by atoms with Crippen molar-refractivity contribution in [1.29, 1.82) is 0 Å². The van der Waals surface area contributed by atoms with Gasteiger partial charge in [0.25, 0.3) is 0 Å². The minimum Gasteiger partial charge on any atom is -0.511 e. The van der Waals surface area contributed by atoms with E-state index in [-0.39, 0.29) is 30.1 Å². The van der Waals surface area contributed by atoms with Gasteiger partial charge in [0, 0.05) is 5.41 Å². The maximum Gasteiger partial charge on any atom is 0.338 e. The first kappa shape index (κ1) is 19.7. The van der Waals surface area contributed by atoms with Crippen molar-refractivity contribution in [3.63, 3.8) is 0 Å². The summed E-state index contributed by atoms with van der Waals surface area (Å²) in [5.74, 6) is -1.26. The fraction of sp³-hybridized carbons (Fsp3) is 0.304. The zero-order chi connectivity index (χ0) is 20.1. The molecule has 2 unspecified atom stereocenters. The van der Waals surface area contributed by atoms with Crippen LogP contribution >= 0.6 is 0 Å². The quantitative estimate of drug-likeness (QED) is 0.727. The number of Topliss-reactive ketones (excluding diaryl/α,β-unsaturated/α-hetero) is 1. The number of ether oxygens (including phenoxy) is 1. The van der Waals surface area contributed by atoms with Gasteiger partial charge in [0.2, 0.25) is 0 Å². The molecule has 3 rings (SSSR count). The number of aliphatic hydroxyl groups excluding tert-OH is 1. The molecule has 0 aliphatic heterocycles. The molecule has 0 spiro atoms. The van der Waals surface area contributed by atoms with Crippen molar-refractivity contribution in [2.24, 2.45) is 5.41 Å². The molecule has 2 aromatic rings. The summed E-state index contributed by atoms with van der Waals surface area (Å²) in [6.07, 6.45) is 5.56. The van der Waals surface area contributed by atoms with Gasteiger partial charge in [-0.25, -0.2) is 4.79 Å². The lowest BCUT2D eigenvalue weighted by Crippen LogP contribution is -2.41. The number of esters is 1. The van der Waals surface area contributed by atoms with Crippen molar-refractivity contribution in [2.75, 3.05) is 6.61 Å². The van der Waals surface area contributed by atoms with E-state index in [0.717, 1.165) is 5.56 Å². The minimum absolute atomic E-state index is 0.104. The van der Waals surface area contributed by atoms with Crippen molar-refractivity contribution in [1.82, 2.24) is 0 Å². The molecule has 1 heterocycles. The highest BCUT2D eigenvalue weighted by Crippen LogP contribution is 2.50. The molecule has 146 valence electrons. The maximum atomic E-state index is 13.0. The van der Waals surface area contributed by atoms with Crippen LogP contribution < -0.4 is 0 Å². The van der Waals surface area contributed by atoms with Crippen molar-refractivity contribution < 1.29 is 23.8 Å². The fourth-order valence-electron chi connectivity index (χ4n) is 3.69. The molecule has 28 heavy (non-hydrogen) atoms. The van der Waals surface area contributed by atoms with Gasteiger partial charge in [0.1, 0.15) is 17.3 Å². The van der Waals surface area contributed by atoms with Gasteiger partial charge >= 0.3 is 5.97 Å². The number of benzene rings is 1. The van der Waals surface area contributed by atoms with Crippen LogP contribution in [-0.4, -0.2) is 23.5 Å². The van der Waals surface area contributed by atoms with Crippen molar-refractivity contribution >= 4 is 17.8 Å². The number of ketones is 1. The smallest absolute Gasteiger partial charge is 0.338 e. The normalized spacial score (nSPS) is 22.6. The summed E-state index contributed by atoms with van der Waals surface area (Å²) >= 11 is 0. The summed E-state index contributed by atoms with van der Waals surface area (Å²) in [5.41, 5.74) is 0.178. The number of allylic oxidation sites excluding steroid dienone is 2. The van der Waals surface area contributed by atoms with Gasteiger partial charge in [-0.3, -0.25) is 4.79 Å². The molecule has 1 aromatic heterocycles. The molecule has 0 saturated carbocycles. The van der Waals surface area contributed by atoms with Gasteiger partial charge in [-0.15, -0.1) is 0 Å². The molecule has 0 radical (unpaired) electrons. The molecule has 1 aliphatic carbocycles. The second-order valence-electron chi connectivity index (χ2n) is 7.06. The monoisotopic (exact) mass is 380 g/mol. The van der Waals surface area contributed by atoms with Crippen LogP contribution in [0.3, 0.4) is 0 Å². The Morgan fingerprint density at radius 2 is 2.04 bits per heavy atom. The highest BCUT2D eigenvalue weighted by Gasteiger charge is 2.51. The predicted molar refractivity (Wildman–Crippen MR) is 106 cm³/mol. The number of carbonyl (C=O) groups excluding carboxylic acids is 2. The van der Waals surface area contributed by atoms with Gasteiger partial charge in [0.15, 0.2) is 0 Å². The van der Waals surface area contributed by atoms with E-state index in [9.17, 15) is 14.7 Å². The highest BCUT2D eigenvalue weighted by molar-refractivity contribution is 5.99. The Labute approximate surface area is 164 Å². The number of furan rings is 1. The average Bonchev–Trinajstić information content (AvgIpc) is 3.20. The van der Waals surface area contributed by atoms with Crippen LogP contribution in [0.2, 0.25) is 0 Å². The van der Waals surface area contributed by atoms with Crippen LogP contribution in [-0.2, 0) is 14.3 Å². The number of aliphatic hydroxyl groups is 1. The zero-order valence-corrected chi connectivity index (χ0v) is 16.1. The molecule has 2 atom stereocenters. The number of hydrogen-bond donors (Lipinski definition) is 1. The average molecular weight is 380 g/mol. The molecule has 5 heteroatoms. The third-order valence-electron chi connectivity index (χ3n) is 5.18. The Bertz CT molecular complexity index is 892. The van der Waals surface area contributed by atoms with Crippen molar-refractivity contribution in [3.8, 4) is 0 Å². The number of hydrogen-bond acceptors (Lipinski definition) is 5. The molecule has 1 aliphatic rings. The molecule has 0 fully saturated rings. The van der Waals surface area contributed by atoms with E-state index in [1.165, 1.54) is 6.26 Å². The molecule has 1 N–H and O–H groups in total. The van der Waals surface area contributed by atoms with Gasteiger partial charge in [-0.05, 0) is 31.0 Å². The van der Waals surface area contributed by atoms with Crippen LogP contribution in [0, 0.1) is 5.41 Å². The SMILES string of the molecule is CCOC(=O)C1=C(O)CC(=O)C(C)(C/C=C/c2ccccc2)C1c1ccco1. The fourth-order valence-corrected chi connectivity index (χ4v) is 3.69. The Kier molecular flexibility index (Phi) is 5.83. The van der Waals surface area contributed by atoms with E-state index in [2.05, 4.69) is 0 Å². The highest BCUT2D eigenvalue weighted by atomic mass is 16.5. The van der Waals surface area contributed by atoms with E-state index in [4.69, 9.17) is 9.15 Å². The third-order valence-corrected chi connectivity index (χ3v) is 5.18. The van der Waals surface area contributed by atoms with Crippen LogP contribution in [0.5, 0.6) is 0 Å². The minimum atomic E-state index is -0.947. The number of rotatable bonds is 6. The Morgan fingerprint density at radius 3 is 2.68 bits per heavy atom. The lowest BCUT2D eigenvalue weighted by atomic mass is 9.63. The Morgan fingerprint density at radius 1 is 1.29 bits per heavy atom. The van der Waals surface area contributed by atoms with Crippen molar-refractivity contribution in [2.45, 2.75) is 32.6 Å². The summed E-state index contributed by atoms with van der Waals surface area (Å²) < 4.78 is 10.7. The first-order chi connectivity index (χ1) is 13.5. The Balaban J connectivity index is 2.00. The molecule has 0 amide bonds. The number of carbonyl (C=O) groups is 2. The summed E-state index contributed by atoms with van der Waals surface area (Å²) in [4.78, 5) is 25.6. The summed E-state index contributed by atoms with van der Waals surface area (Å²) in [6, 6.07) is 13.2. The topological polar surface area (TPSA) is 76.7 Å². The van der Waals surface area contributed by atoms with Crippen LogP contribution in [0.25, 0.3) is 6.08 Å². The lowest BCUT2D eigenvalue weighted by molar-refractivity contribution is -0.140. The zero-order valence-electron chi connectivity index (χ0n) is 16.1. The third kappa shape index (κ3) is 3.79. The first-order valence-electron chi connectivity index (χ1n) is 9.34. The molecular formula is C23H24O5. The van der Waals surface area contributed by atoms with E-state index in [1.54, 1.807) is 19.1 Å². The van der Waals surface area contributed by atoms with Gasteiger partial charge in [0.05, 0.1) is 30.8 Å². The first-order valence-corrected chi connectivity index (χ1v) is 9.34. The molecular weight excluding hydrogens is 356 g/mol. The van der Waals surface area contributed by atoms with E-state index in [1.807, 2.05) is 49.4 Å². The summed E-state index contributed by atoms with van der Waals surface area (Å²) in [6.45, 7) is 3.69. The standard InChI is InChI=1S/C23H24O5/c1-3-27-22(26)20-17(24)15-19(25)23(2,21(20)18-12-8-14-28-18)13-7-11-16-9-5-4-6-10-16/h4-12,14,21,24H,3,13,15H2,1-2H3/b11-7+. The van der Waals surface area contributed by atoms with E-state index in [0.29, 0.717) is 12.2 Å². The second kappa shape index (κ2) is 8.30. The van der Waals surface area contributed by atoms with Gasteiger partial charge in [-0.1, -0.05) is 49.4 Å². The van der Waals surface area contributed by atoms with Crippen LogP contribution in [0.1, 0.15) is 43.9 Å². The van der Waals surface area contributed by atoms with Crippen LogP contribution in [0.15, 0.2) is 70.6 Å².